The van der Waals surface area contributed by atoms with E-state index in [9.17, 15) is 15.0 Å². The fourth-order valence-electron chi connectivity index (χ4n) is 1.54. The topological polar surface area (TPSA) is 86.6 Å². The number of carbonyl (C=O) groups excluding carboxylic acids is 1. The van der Waals surface area contributed by atoms with Gasteiger partial charge in [-0.3, -0.25) is 4.79 Å². The van der Waals surface area contributed by atoms with E-state index in [2.05, 4.69) is 10.2 Å². The molecule has 1 aromatic heterocycles. The van der Waals surface area contributed by atoms with Gasteiger partial charge in [0.05, 0.1) is 30.2 Å². The molecule has 2 rings (SSSR count). The summed E-state index contributed by atoms with van der Waals surface area (Å²) in [7, 11) is 0. The zero-order chi connectivity index (χ0) is 10.8. The minimum atomic E-state index is -0.858. The molecule has 15 heavy (non-hydrogen) atoms. The molecule has 1 fully saturated rings. The van der Waals surface area contributed by atoms with Crippen LogP contribution < -0.4 is 0 Å². The SMILES string of the molecule is O=C(c1ccnnc1)N1CC(O)C(O)C1. The van der Waals surface area contributed by atoms with Gasteiger partial charge in [0.25, 0.3) is 5.91 Å². The summed E-state index contributed by atoms with van der Waals surface area (Å²) in [6.45, 7) is 0.310. The first-order valence-electron chi connectivity index (χ1n) is 4.60. The van der Waals surface area contributed by atoms with Crippen LogP contribution in [-0.4, -0.2) is 56.5 Å². The molecule has 2 N–H and O–H groups in total. The molecule has 0 bridgehead atoms. The summed E-state index contributed by atoms with van der Waals surface area (Å²) >= 11 is 0. The highest BCUT2D eigenvalue weighted by molar-refractivity contribution is 5.94. The third-order valence-electron chi connectivity index (χ3n) is 2.38. The van der Waals surface area contributed by atoms with E-state index < -0.39 is 12.2 Å². The van der Waals surface area contributed by atoms with E-state index in [-0.39, 0.29) is 19.0 Å². The molecule has 2 atom stereocenters. The Hall–Kier alpha value is -1.53. The van der Waals surface area contributed by atoms with Crippen LogP contribution >= 0.6 is 0 Å². The number of carbonyl (C=O) groups is 1. The van der Waals surface area contributed by atoms with E-state index in [1.807, 2.05) is 0 Å². The lowest BCUT2D eigenvalue weighted by Crippen LogP contribution is -2.29. The lowest BCUT2D eigenvalue weighted by molar-refractivity contribution is 0.0572. The smallest absolute Gasteiger partial charge is 0.255 e. The van der Waals surface area contributed by atoms with E-state index in [1.54, 1.807) is 6.07 Å². The van der Waals surface area contributed by atoms with Crippen LogP contribution in [0, 0.1) is 0 Å². The molecule has 1 amide bonds. The average Bonchev–Trinajstić information content (AvgIpc) is 2.59. The number of aliphatic hydroxyl groups excluding tert-OH is 2. The highest BCUT2D eigenvalue weighted by Gasteiger charge is 2.32. The van der Waals surface area contributed by atoms with E-state index in [0.29, 0.717) is 5.56 Å². The summed E-state index contributed by atoms with van der Waals surface area (Å²) in [6.07, 6.45) is 1.07. The van der Waals surface area contributed by atoms with Crippen molar-refractivity contribution in [3.63, 3.8) is 0 Å². The quantitative estimate of drug-likeness (QED) is 0.597. The number of β-amino-alcohol motifs (C(OH)–C–C–N with tert-alkyl or cyclic N) is 2. The van der Waals surface area contributed by atoms with Gasteiger partial charge in [-0.15, -0.1) is 0 Å². The minimum absolute atomic E-state index is 0.155. The van der Waals surface area contributed by atoms with Crippen LogP contribution in [-0.2, 0) is 0 Å². The predicted octanol–water partition coefficient (Wildman–Crippen LogP) is -1.35. The van der Waals surface area contributed by atoms with Gasteiger partial charge in [-0.25, -0.2) is 0 Å². The number of nitrogens with zero attached hydrogens (tertiary/aromatic N) is 3. The fraction of sp³-hybridized carbons (Fsp3) is 0.444. The maximum Gasteiger partial charge on any atom is 0.255 e. The summed E-state index contributed by atoms with van der Waals surface area (Å²) in [4.78, 5) is 13.2. The molecule has 1 aromatic rings. The number of hydrogen-bond donors (Lipinski definition) is 2. The molecule has 0 spiro atoms. The number of likely N-dealkylation sites (tertiary alicyclic amines) is 1. The maximum absolute atomic E-state index is 11.8. The maximum atomic E-state index is 11.8. The summed E-state index contributed by atoms with van der Waals surface area (Å²) in [5.74, 6) is -0.250. The molecule has 6 heteroatoms. The van der Waals surface area contributed by atoms with E-state index in [1.165, 1.54) is 17.3 Å². The molecule has 0 radical (unpaired) electrons. The van der Waals surface area contributed by atoms with Crippen LogP contribution in [0.1, 0.15) is 10.4 Å². The van der Waals surface area contributed by atoms with Crippen LogP contribution in [0.3, 0.4) is 0 Å². The van der Waals surface area contributed by atoms with Gasteiger partial charge in [-0.1, -0.05) is 0 Å². The number of hydrogen-bond acceptors (Lipinski definition) is 5. The van der Waals surface area contributed by atoms with Gasteiger partial charge in [0.2, 0.25) is 0 Å². The van der Waals surface area contributed by atoms with Gasteiger partial charge < -0.3 is 15.1 Å². The second-order valence-electron chi connectivity index (χ2n) is 3.48. The predicted molar refractivity (Wildman–Crippen MR) is 49.9 cm³/mol. The molecular weight excluding hydrogens is 198 g/mol. The van der Waals surface area contributed by atoms with Crippen molar-refractivity contribution >= 4 is 5.91 Å². The van der Waals surface area contributed by atoms with Crippen LogP contribution in [0.25, 0.3) is 0 Å². The molecule has 0 aliphatic carbocycles. The molecule has 1 saturated heterocycles. The first-order chi connectivity index (χ1) is 7.18. The van der Waals surface area contributed by atoms with Crippen molar-refractivity contribution < 1.29 is 15.0 Å². The summed E-state index contributed by atoms with van der Waals surface area (Å²) in [6, 6.07) is 1.55. The standard InChI is InChI=1S/C9H11N3O3/c13-7-4-12(5-8(7)14)9(15)6-1-2-10-11-3-6/h1-3,7-8,13-14H,4-5H2. The van der Waals surface area contributed by atoms with Crippen LogP contribution in [0.2, 0.25) is 0 Å². The Bertz CT molecular complexity index is 347. The Morgan fingerprint density at radius 2 is 2.00 bits per heavy atom. The highest BCUT2D eigenvalue weighted by atomic mass is 16.3. The van der Waals surface area contributed by atoms with Crippen molar-refractivity contribution in [3.05, 3.63) is 24.0 Å². The van der Waals surface area contributed by atoms with E-state index in [0.717, 1.165) is 0 Å². The normalized spacial score (nSPS) is 25.6. The Kier molecular flexibility index (Phi) is 2.61. The largest absolute Gasteiger partial charge is 0.388 e. The van der Waals surface area contributed by atoms with Gasteiger partial charge in [-0.05, 0) is 6.07 Å². The molecule has 2 heterocycles. The van der Waals surface area contributed by atoms with Crippen molar-refractivity contribution in [3.8, 4) is 0 Å². The lowest BCUT2D eigenvalue weighted by Gasteiger charge is -2.14. The summed E-state index contributed by atoms with van der Waals surface area (Å²) < 4.78 is 0. The van der Waals surface area contributed by atoms with Gasteiger partial charge in [0, 0.05) is 13.1 Å². The molecule has 2 unspecified atom stereocenters. The third-order valence-corrected chi connectivity index (χ3v) is 2.38. The number of aromatic nitrogens is 2. The number of rotatable bonds is 1. The highest BCUT2D eigenvalue weighted by Crippen LogP contribution is 2.13. The Morgan fingerprint density at radius 3 is 2.53 bits per heavy atom. The van der Waals surface area contributed by atoms with Crippen LogP contribution in [0.4, 0.5) is 0 Å². The van der Waals surface area contributed by atoms with Gasteiger partial charge in [0.15, 0.2) is 0 Å². The number of amides is 1. The van der Waals surface area contributed by atoms with E-state index >= 15 is 0 Å². The molecular formula is C9H11N3O3. The van der Waals surface area contributed by atoms with Crippen molar-refractivity contribution in [1.82, 2.24) is 15.1 Å². The second kappa shape index (κ2) is 3.92. The summed E-state index contributed by atoms with van der Waals surface area (Å²) in [5, 5.41) is 25.7. The minimum Gasteiger partial charge on any atom is -0.388 e. The zero-order valence-corrected chi connectivity index (χ0v) is 7.95. The first kappa shape index (κ1) is 10.0. The van der Waals surface area contributed by atoms with Gasteiger partial charge >= 0.3 is 0 Å². The third kappa shape index (κ3) is 1.95. The molecule has 0 aromatic carbocycles. The lowest BCUT2D eigenvalue weighted by atomic mass is 10.3. The second-order valence-corrected chi connectivity index (χ2v) is 3.48. The molecule has 1 aliphatic heterocycles. The van der Waals surface area contributed by atoms with E-state index in [4.69, 9.17) is 0 Å². The summed E-state index contributed by atoms with van der Waals surface area (Å²) in [5.41, 5.74) is 0.409. The number of aliphatic hydroxyl groups is 2. The van der Waals surface area contributed by atoms with Crippen molar-refractivity contribution in [2.45, 2.75) is 12.2 Å². The molecule has 1 aliphatic rings. The van der Waals surface area contributed by atoms with Gasteiger partial charge in [0.1, 0.15) is 0 Å². The zero-order valence-electron chi connectivity index (χ0n) is 7.95. The average molecular weight is 209 g/mol. The molecule has 0 saturated carbocycles. The van der Waals surface area contributed by atoms with Crippen molar-refractivity contribution in [2.24, 2.45) is 0 Å². The first-order valence-corrected chi connectivity index (χ1v) is 4.60. The Labute approximate surface area is 86.2 Å². The van der Waals surface area contributed by atoms with Crippen LogP contribution in [0.15, 0.2) is 18.5 Å². The van der Waals surface area contributed by atoms with Gasteiger partial charge in [-0.2, -0.15) is 10.2 Å². The monoisotopic (exact) mass is 209 g/mol. The Balaban J connectivity index is 2.10. The van der Waals surface area contributed by atoms with Crippen molar-refractivity contribution in [1.29, 1.82) is 0 Å². The fourth-order valence-corrected chi connectivity index (χ4v) is 1.54. The molecule has 6 nitrogen and oxygen atoms in total. The van der Waals surface area contributed by atoms with Crippen molar-refractivity contribution in [2.75, 3.05) is 13.1 Å². The van der Waals surface area contributed by atoms with Crippen LogP contribution in [0.5, 0.6) is 0 Å². The Morgan fingerprint density at radius 1 is 1.33 bits per heavy atom. The molecule has 80 valence electrons.